The van der Waals surface area contributed by atoms with E-state index in [0.717, 1.165) is 18.0 Å². The molecule has 1 heterocycles. The number of para-hydroxylation sites is 1. The molecule has 0 aliphatic carbocycles. The van der Waals surface area contributed by atoms with Crippen molar-refractivity contribution in [3.63, 3.8) is 0 Å². The lowest BCUT2D eigenvalue weighted by atomic mass is 10.1. The summed E-state index contributed by atoms with van der Waals surface area (Å²) in [4.78, 5) is 19.3. The summed E-state index contributed by atoms with van der Waals surface area (Å²) in [6.45, 7) is 5.18. The maximum atomic E-state index is 12.4. The number of guanidine groups is 1. The largest absolute Gasteiger partial charge is 0.494 e. The third kappa shape index (κ3) is 9.12. The fourth-order valence-corrected chi connectivity index (χ4v) is 4.10. The van der Waals surface area contributed by atoms with Crippen molar-refractivity contribution in [2.75, 3.05) is 51.7 Å². The zero-order chi connectivity index (χ0) is 25.4. The normalized spacial score (nSPS) is 13.9. The van der Waals surface area contributed by atoms with Gasteiger partial charge in [-0.2, -0.15) is 5.26 Å². The highest BCUT2D eigenvalue weighted by Gasteiger charge is 2.11. The highest BCUT2D eigenvalue weighted by Crippen LogP contribution is 2.18. The van der Waals surface area contributed by atoms with E-state index in [4.69, 9.17) is 10.00 Å². The number of nitriles is 1. The Morgan fingerprint density at radius 3 is 2.69 bits per heavy atom. The van der Waals surface area contributed by atoms with Gasteiger partial charge in [-0.25, -0.2) is 0 Å². The minimum Gasteiger partial charge on any atom is -0.494 e. The third-order valence-corrected chi connectivity index (χ3v) is 5.91. The van der Waals surface area contributed by atoms with E-state index in [0.29, 0.717) is 44.2 Å². The molecule has 1 amide bonds. The van der Waals surface area contributed by atoms with Crippen LogP contribution in [0.2, 0.25) is 0 Å². The predicted octanol–water partition coefficient (Wildman–Crippen LogP) is 2.93. The van der Waals surface area contributed by atoms with Crippen molar-refractivity contribution >= 4 is 17.6 Å². The van der Waals surface area contributed by atoms with Crippen LogP contribution in [0, 0.1) is 11.5 Å². The van der Waals surface area contributed by atoms with Crippen LogP contribution < -0.4 is 26.0 Å². The van der Waals surface area contributed by atoms with Crippen molar-refractivity contribution in [3.8, 4) is 11.9 Å². The fourth-order valence-electron chi connectivity index (χ4n) is 4.10. The maximum Gasteiger partial charge on any atom is 0.253 e. The number of nitrogens with one attached hydrogen (secondary N) is 4. The second-order valence-corrected chi connectivity index (χ2v) is 8.63. The molecule has 0 atom stereocenters. The SMILES string of the molecule is CNc1ccccc1C(=O)NCCNC(=NCCCOc1cccc(CN2CCCCC2)c1)NC#N. The average molecular weight is 492 g/mol. The number of piperidine rings is 1. The summed E-state index contributed by atoms with van der Waals surface area (Å²) < 4.78 is 5.92. The van der Waals surface area contributed by atoms with Crippen LogP contribution in [0.25, 0.3) is 0 Å². The van der Waals surface area contributed by atoms with E-state index < -0.39 is 0 Å². The molecule has 9 heteroatoms. The van der Waals surface area contributed by atoms with Gasteiger partial charge in [-0.3, -0.25) is 20.0 Å². The molecule has 36 heavy (non-hydrogen) atoms. The number of benzene rings is 2. The van der Waals surface area contributed by atoms with E-state index >= 15 is 0 Å². The Kier molecular flexibility index (Phi) is 11.4. The second-order valence-electron chi connectivity index (χ2n) is 8.63. The first kappa shape index (κ1) is 26.8. The molecule has 0 unspecified atom stereocenters. The number of carbonyl (C=O) groups is 1. The fraction of sp³-hybridized carbons (Fsp3) is 0.444. The Labute approximate surface area is 213 Å². The average Bonchev–Trinajstić information content (AvgIpc) is 2.91. The van der Waals surface area contributed by atoms with Crippen LogP contribution in [0.1, 0.15) is 41.6 Å². The smallest absolute Gasteiger partial charge is 0.253 e. The lowest BCUT2D eigenvalue weighted by Crippen LogP contribution is -2.40. The first-order valence-corrected chi connectivity index (χ1v) is 12.6. The predicted molar refractivity (Wildman–Crippen MR) is 143 cm³/mol. The summed E-state index contributed by atoms with van der Waals surface area (Å²) in [6.07, 6.45) is 6.52. The minimum absolute atomic E-state index is 0.161. The molecule has 3 rings (SSSR count). The summed E-state index contributed by atoms with van der Waals surface area (Å²) in [6, 6.07) is 15.6. The van der Waals surface area contributed by atoms with E-state index in [-0.39, 0.29) is 5.91 Å². The number of aliphatic imine (C=N–C) groups is 1. The van der Waals surface area contributed by atoms with Crippen molar-refractivity contribution in [1.29, 1.82) is 5.26 Å². The second kappa shape index (κ2) is 15.3. The molecule has 2 aromatic carbocycles. The Morgan fingerprint density at radius 1 is 1.08 bits per heavy atom. The van der Waals surface area contributed by atoms with Gasteiger partial charge in [0.05, 0.1) is 12.2 Å². The van der Waals surface area contributed by atoms with Crippen LogP contribution in [0.4, 0.5) is 5.69 Å². The number of ether oxygens (including phenoxy) is 1. The van der Waals surface area contributed by atoms with Gasteiger partial charge in [0.25, 0.3) is 5.91 Å². The molecule has 1 aliphatic heterocycles. The number of anilines is 1. The Morgan fingerprint density at radius 2 is 1.89 bits per heavy atom. The number of rotatable bonds is 12. The lowest BCUT2D eigenvalue weighted by molar-refractivity contribution is 0.0955. The lowest BCUT2D eigenvalue weighted by Gasteiger charge is -2.26. The van der Waals surface area contributed by atoms with Gasteiger partial charge < -0.3 is 20.7 Å². The first-order valence-electron chi connectivity index (χ1n) is 12.6. The van der Waals surface area contributed by atoms with Crippen LogP contribution in [0.5, 0.6) is 5.75 Å². The Bertz CT molecular complexity index is 1030. The van der Waals surface area contributed by atoms with Gasteiger partial charge in [0.15, 0.2) is 6.19 Å². The molecule has 1 aliphatic rings. The van der Waals surface area contributed by atoms with Gasteiger partial charge in [0.2, 0.25) is 5.96 Å². The van der Waals surface area contributed by atoms with E-state index in [1.807, 2.05) is 36.5 Å². The summed E-state index contributed by atoms with van der Waals surface area (Å²) in [5.41, 5.74) is 2.63. The van der Waals surface area contributed by atoms with Crippen molar-refractivity contribution in [2.45, 2.75) is 32.2 Å². The molecule has 0 bridgehead atoms. The number of carbonyl (C=O) groups excluding carboxylic acids is 1. The summed E-state index contributed by atoms with van der Waals surface area (Å²) in [7, 11) is 1.78. The molecule has 192 valence electrons. The Hall–Kier alpha value is -3.77. The van der Waals surface area contributed by atoms with Crippen molar-refractivity contribution in [1.82, 2.24) is 20.9 Å². The zero-order valence-electron chi connectivity index (χ0n) is 21.1. The quantitative estimate of drug-likeness (QED) is 0.119. The van der Waals surface area contributed by atoms with Crippen LogP contribution in [0.3, 0.4) is 0 Å². The molecule has 9 nitrogen and oxygen atoms in total. The van der Waals surface area contributed by atoms with Gasteiger partial charge in [-0.05, 0) is 55.8 Å². The van der Waals surface area contributed by atoms with Crippen molar-refractivity contribution < 1.29 is 9.53 Å². The molecular weight excluding hydrogens is 454 g/mol. The van der Waals surface area contributed by atoms with Gasteiger partial charge in [-0.15, -0.1) is 0 Å². The summed E-state index contributed by atoms with van der Waals surface area (Å²) in [5.74, 6) is 1.09. The molecule has 0 saturated carbocycles. The third-order valence-electron chi connectivity index (χ3n) is 5.91. The van der Waals surface area contributed by atoms with E-state index in [1.165, 1.54) is 37.9 Å². The number of hydrogen-bond acceptors (Lipinski definition) is 6. The Balaban J connectivity index is 1.35. The minimum atomic E-state index is -0.161. The van der Waals surface area contributed by atoms with Gasteiger partial charge in [0, 0.05) is 45.3 Å². The van der Waals surface area contributed by atoms with E-state index in [9.17, 15) is 4.79 Å². The summed E-state index contributed by atoms with van der Waals surface area (Å²) >= 11 is 0. The standard InChI is InChI=1S/C27H37N7O2/c1-29-25-12-4-3-11-24(25)26(35)30-14-15-32-27(33-21-28)31-13-8-18-36-23-10-7-9-22(19-23)20-34-16-5-2-6-17-34/h3-4,7,9-12,19,29H,2,5-6,8,13-18,20H2,1H3,(H,30,35)(H2,31,32,33). The highest BCUT2D eigenvalue weighted by molar-refractivity contribution is 5.99. The van der Waals surface area contributed by atoms with Crippen molar-refractivity contribution in [3.05, 3.63) is 59.7 Å². The van der Waals surface area contributed by atoms with Gasteiger partial charge in [-0.1, -0.05) is 30.7 Å². The molecule has 1 fully saturated rings. The monoisotopic (exact) mass is 491 g/mol. The molecule has 2 aromatic rings. The van der Waals surface area contributed by atoms with Crippen LogP contribution >= 0.6 is 0 Å². The molecule has 0 radical (unpaired) electrons. The van der Waals surface area contributed by atoms with Gasteiger partial charge >= 0.3 is 0 Å². The topological polar surface area (TPSA) is 114 Å². The van der Waals surface area contributed by atoms with E-state index in [2.05, 4.69) is 43.3 Å². The molecule has 0 aromatic heterocycles. The van der Waals surface area contributed by atoms with Crippen LogP contribution in [-0.2, 0) is 6.54 Å². The first-order chi connectivity index (χ1) is 17.7. The molecular formula is C27H37N7O2. The number of nitrogens with zero attached hydrogens (tertiary/aromatic N) is 3. The van der Waals surface area contributed by atoms with Crippen LogP contribution in [0.15, 0.2) is 53.5 Å². The zero-order valence-corrected chi connectivity index (χ0v) is 21.1. The van der Waals surface area contributed by atoms with Gasteiger partial charge in [0.1, 0.15) is 5.75 Å². The highest BCUT2D eigenvalue weighted by atomic mass is 16.5. The maximum absolute atomic E-state index is 12.4. The van der Waals surface area contributed by atoms with E-state index in [1.54, 1.807) is 13.1 Å². The summed E-state index contributed by atoms with van der Waals surface area (Å²) in [5, 5.41) is 20.5. The van der Waals surface area contributed by atoms with Crippen molar-refractivity contribution in [2.24, 2.45) is 4.99 Å². The van der Waals surface area contributed by atoms with Crippen LogP contribution in [-0.4, -0.2) is 63.1 Å². The number of amides is 1. The number of likely N-dealkylation sites (tertiary alicyclic amines) is 1. The number of hydrogen-bond donors (Lipinski definition) is 4. The molecule has 0 spiro atoms. The molecule has 4 N–H and O–H groups in total. The molecule has 1 saturated heterocycles.